The van der Waals surface area contributed by atoms with Crippen LogP contribution in [0.3, 0.4) is 0 Å². The predicted octanol–water partition coefficient (Wildman–Crippen LogP) is 3.43. The maximum Gasteiger partial charge on any atom is 0.303 e. The summed E-state index contributed by atoms with van der Waals surface area (Å²) in [4.78, 5) is 25.3. The average molecular weight is 379 g/mol. The quantitative estimate of drug-likeness (QED) is 0.589. The molecule has 1 N–H and O–H groups in total. The van der Waals surface area contributed by atoms with Gasteiger partial charge in [0.2, 0.25) is 0 Å². The highest BCUT2D eigenvalue weighted by molar-refractivity contribution is 5.85. The molecule has 0 aromatic carbocycles. The molecule has 1 heterocycles. The van der Waals surface area contributed by atoms with Gasteiger partial charge in [0, 0.05) is 19.3 Å². The molecule has 0 aromatic rings. The lowest BCUT2D eigenvalue weighted by Crippen LogP contribution is -2.75. The molecule has 2 aliphatic carbocycles. The van der Waals surface area contributed by atoms with E-state index in [1.54, 1.807) is 13.0 Å². The number of hydrogen-bond acceptors (Lipinski definition) is 5. The van der Waals surface area contributed by atoms with E-state index in [-0.39, 0.29) is 23.5 Å². The van der Waals surface area contributed by atoms with E-state index in [2.05, 4.69) is 27.4 Å². The molecule has 5 nitrogen and oxygen atoms in total. The Morgan fingerprint density at radius 2 is 1.89 bits per heavy atom. The molecule has 0 bridgehead atoms. The maximum absolute atomic E-state index is 13.4. The zero-order valence-corrected chi connectivity index (χ0v) is 17.5. The number of aliphatic hydroxyl groups is 1. The molecule has 3 fully saturated rings. The maximum atomic E-state index is 13.4. The monoisotopic (exact) mass is 378 g/mol. The van der Waals surface area contributed by atoms with Crippen molar-refractivity contribution < 1.29 is 24.2 Å². The number of Topliss-reactive ketones (excluding diaryl/α,β-unsaturated/α-hetero) is 1. The SMILES string of the molecule is C=C[C@@]1(C)CC(=O)[C@H]2[C@@]3(C)CCCC(C)(C)[C@H]3[C@H](OC(C)=O)[C@H](O)[C@@]2(C)O1. The van der Waals surface area contributed by atoms with Crippen molar-refractivity contribution >= 4 is 11.8 Å². The number of fused-ring (bicyclic) bond motifs is 3. The Bertz CT molecular complexity index is 670. The molecule has 27 heavy (non-hydrogen) atoms. The van der Waals surface area contributed by atoms with Crippen LogP contribution in [0.1, 0.15) is 67.2 Å². The van der Waals surface area contributed by atoms with Crippen LogP contribution in [0.2, 0.25) is 0 Å². The zero-order chi connectivity index (χ0) is 20.4. The van der Waals surface area contributed by atoms with Crippen molar-refractivity contribution in [2.45, 2.75) is 90.6 Å². The van der Waals surface area contributed by atoms with Crippen LogP contribution in [-0.2, 0) is 19.1 Å². The number of rotatable bonds is 2. The van der Waals surface area contributed by atoms with E-state index in [9.17, 15) is 14.7 Å². The lowest BCUT2D eigenvalue weighted by atomic mass is 9.42. The highest BCUT2D eigenvalue weighted by Crippen LogP contribution is 2.65. The van der Waals surface area contributed by atoms with Crippen LogP contribution in [0.4, 0.5) is 0 Å². The first-order chi connectivity index (χ1) is 12.3. The third kappa shape index (κ3) is 2.89. The van der Waals surface area contributed by atoms with E-state index in [4.69, 9.17) is 9.47 Å². The average Bonchev–Trinajstić information content (AvgIpc) is 2.49. The van der Waals surface area contributed by atoms with Crippen molar-refractivity contribution in [3.8, 4) is 0 Å². The van der Waals surface area contributed by atoms with Gasteiger partial charge in [-0.15, -0.1) is 6.58 Å². The van der Waals surface area contributed by atoms with Gasteiger partial charge in [0.15, 0.2) is 0 Å². The topological polar surface area (TPSA) is 72.8 Å². The van der Waals surface area contributed by atoms with Gasteiger partial charge >= 0.3 is 5.97 Å². The predicted molar refractivity (Wildman–Crippen MR) is 102 cm³/mol. The third-order valence-electron chi connectivity index (χ3n) is 7.58. The first-order valence-corrected chi connectivity index (χ1v) is 10.0. The first kappa shape index (κ1) is 20.5. The van der Waals surface area contributed by atoms with Gasteiger partial charge < -0.3 is 14.6 Å². The van der Waals surface area contributed by atoms with Crippen molar-refractivity contribution in [3.05, 3.63) is 12.7 Å². The number of hydrogen-bond donors (Lipinski definition) is 1. The van der Waals surface area contributed by atoms with Crippen LogP contribution < -0.4 is 0 Å². The molecule has 1 aliphatic heterocycles. The molecule has 7 atom stereocenters. The number of carbonyl (C=O) groups is 2. The van der Waals surface area contributed by atoms with Crippen LogP contribution in [0.15, 0.2) is 12.7 Å². The van der Waals surface area contributed by atoms with E-state index < -0.39 is 40.7 Å². The summed E-state index contributed by atoms with van der Waals surface area (Å²) in [5.74, 6) is -0.865. The fraction of sp³-hybridized carbons (Fsp3) is 0.818. The molecule has 3 aliphatic rings. The summed E-state index contributed by atoms with van der Waals surface area (Å²) >= 11 is 0. The molecule has 0 unspecified atom stereocenters. The molecular formula is C22H34O5. The number of esters is 1. The third-order valence-corrected chi connectivity index (χ3v) is 7.58. The van der Waals surface area contributed by atoms with Gasteiger partial charge in [0.05, 0.1) is 11.5 Å². The second-order valence-electron chi connectivity index (χ2n) is 10.2. The summed E-state index contributed by atoms with van der Waals surface area (Å²) < 4.78 is 12.1. The fourth-order valence-corrected chi connectivity index (χ4v) is 6.84. The van der Waals surface area contributed by atoms with Gasteiger partial charge in [-0.1, -0.05) is 33.3 Å². The minimum Gasteiger partial charge on any atom is -0.459 e. The summed E-state index contributed by atoms with van der Waals surface area (Å²) in [5.41, 5.74) is -2.53. The second-order valence-corrected chi connectivity index (χ2v) is 10.2. The molecule has 152 valence electrons. The first-order valence-electron chi connectivity index (χ1n) is 10.0. The highest BCUT2D eigenvalue weighted by Gasteiger charge is 2.71. The summed E-state index contributed by atoms with van der Waals surface area (Å²) in [6.07, 6.45) is 2.94. The number of ether oxygens (including phenoxy) is 2. The summed E-state index contributed by atoms with van der Waals surface area (Å²) in [6.45, 7) is 15.3. The van der Waals surface area contributed by atoms with Gasteiger partial charge in [0.1, 0.15) is 23.6 Å². The summed E-state index contributed by atoms with van der Waals surface area (Å²) in [6, 6.07) is 0. The van der Waals surface area contributed by atoms with E-state index in [1.165, 1.54) is 6.92 Å². The highest BCUT2D eigenvalue weighted by atomic mass is 16.6. The molecule has 3 rings (SSSR count). The van der Waals surface area contributed by atoms with Crippen molar-refractivity contribution in [3.63, 3.8) is 0 Å². The number of ketones is 1. The molecule has 2 saturated carbocycles. The second kappa shape index (κ2) is 6.15. The van der Waals surface area contributed by atoms with E-state index in [1.807, 2.05) is 6.92 Å². The minimum atomic E-state index is -1.13. The van der Waals surface area contributed by atoms with Crippen LogP contribution >= 0.6 is 0 Å². The summed E-state index contributed by atoms with van der Waals surface area (Å²) in [5, 5.41) is 11.4. The Kier molecular flexibility index (Phi) is 4.68. The molecule has 0 radical (unpaired) electrons. The Balaban J connectivity index is 2.19. The number of aliphatic hydroxyl groups excluding tert-OH is 1. The van der Waals surface area contributed by atoms with Gasteiger partial charge in [-0.3, -0.25) is 9.59 Å². The van der Waals surface area contributed by atoms with Crippen LogP contribution in [0.25, 0.3) is 0 Å². The lowest BCUT2D eigenvalue weighted by Gasteiger charge is -2.67. The fourth-order valence-electron chi connectivity index (χ4n) is 6.84. The van der Waals surface area contributed by atoms with Crippen LogP contribution in [0, 0.1) is 22.7 Å². The molecule has 0 aromatic heterocycles. The smallest absolute Gasteiger partial charge is 0.303 e. The molecular weight excluding hydrogens is 344 g/mol. The molecule has 0 spiro atoms. The Morgan fingerprint density at radius 3 is 2.44 bits per heavy atom. The molecule has 0 amide bonds. The van der Waals surface area contributed by atoms with Gasteiger partial charge in [-0.2, -0.15) is 0 Å². The number of carbonyl (C=O) groups excluding carboxylic acids is 2. The van der Waals surface area contributed by atoms with Crippen molar-refractivity contribution in [2.75, 3.05) is 0 Å². The van der Waals surface area contributed by atoms with Crippen molar-refractivity contribution in [2.24, 2.45) is 22.7 Å². The van der Waals surface area contributed by atoms with Crippen LogP contribution in [-0.4, -0.2) is 40.3 Å². The van der Waals surface area contributed by atoms with Gasteiger partial charge in [-0.05, 0) is 37.5 Å². The van der Waals surface area contributed by atoms with Gasteiger partial charge in [-0.25, -0.2) is 0 Å². The Hall–Kier alpha value is -1.20. The molecule has 5 heteroatoms. The van der Waals surface area contributed by atoms with Crippen LogP contribution in [0.5, 0.6) is 0 Å². The normalized spacial score (nSPS) is 48.9. The Morgan fingerprint density at radius 1 is 1.26 bits per heavy atom. The minimum absolute atomic E-state index is 0.108. The van der Waals surface area contributed by atoms with Gasteiger partial charge in [0.25, 0.3) is 0 Å². The van der Waals surface area contributed by atoms with E-state index in [0.29, 0.717) is 0 Å². The molecule has 1 saturated heterocycles. The summed E-state index contributed by atoms with van der Waals surface area (Å²) in [7, 11) is 0. The largest absolute Gasteiger partial charge is 0.459 e. The zero-order valence-electron chi connectivity index (χ0n) is 17.5. The lowest BCUT2D eigenvalue weighted by molar-refractivity contribution is -0.306. The van der Waals surface area contributed by atoms with E-state index in [0.717, 1.165) is 19.3 Å². The van der Waals surface area contributed by atoms with Crippen molar-refractivity contribution in [1.82, 2.24) is 0 Å². The Labute approximate surface area is 162 Å². The standard InChI is InChI=1S/C22H34O5/c1-8-20(5)12-14(24)16-21(6)11-9-10-19(3,4)17(21)15(26-13(2)23)18(25)22(16,7)27-20/h8,15-18,25H,1,9-12H2,2-7H3/t15-,16-,17+,18-,20-,21+,22-/m0/s1. The van der Waals surface area contributed by atoms with Crippen molar-refractivity contribution in [1.29, 1.82) is 0 Å². The van der Waals surface area contributed by atoms with E-state index >= 15 is 0 Å².